The lowest BCUT2D eigenvalue weighted by Crippen LogP contribution is -1.98. The van der Waals surface area contributed by atoms with Crippen LogP contribution in [0.1, 0.15) is 35.6 Å². The Balaban J connectivity index is 0.000000171. The second-order valence-electron chi connectivity index (χ2n) is 5.67. The van der Waals surface area contributed by atoms with Gasteiger partial charge in [-0.3, -0.25) is 19.6 Å². The first-order chi connectivity index (χ1) is 13.2. The number of nitrogens with zero attached hydrogens (tertiary/aromatic N) is 3. The Morgan fingerprint density at radius 3 is 2.44 bits per heavy atom. The minimum absolute atomic E-state index is 0.691. The maximum absolute atomic E-state index is 10.7. The van der Waals surface area contributed by atoms with Gasteiger partial charge in [-0.25, -0.2) is 0 Å². The summed E-state index contributed by atoms with van der Waals surface area (Å²) in [6, 6.07) is 9.55. The van der Waals surface area contributed by atoms with Crippen molar-refractivity contribution in [3.8, 4) is 0 Å². The van der Waals surface area contributed by atoms with E-state index < -0.39 is 0 Å². The molecule has 1 aliphatic carbocycles. The molecule has 27 heavy (non-hydrogen) atoms. The molecule has 0 radical (unpaired) electrons. The first-order valence-electron chi connectivity index (χ1n) is 8.73. The fourth-order valence-electron chi connectivity index (χ4n) is 2.81. The molecule has 0 fully saturated rings. The molecular formula is C21H22IN3O2. The normalized spacial score (nSPS) is 11.4. The largest absolute Gasteiger partial charge is 0.337 e. The van der Waals surface area contributed by atoms with Crippen LogP contribution in [0.4, 0.5) is 0 Å². The molecule has 1 aliphatic rings. The van der Waals surface area contributed by atoms with Crippen LogP contribution in [0.5, 0.6) is 0 Å². The number of halogens is 1. The minimum atomic E-state index is 0.691. The molecule has 0 saturated heterocycles. The lowest BCUT2D eigenvalue weighted by Gasteiger charge is -2.01. The number of hydrogen-bond acceptors (Lipinski definition) is 4. The molecule has 0 atom stereocenters. The molecule has 0 spiro atoms. The Morgan fingerprint density at radius 1 is 1.11 bits per heavy atom. The van der Waals surface area contributed by atoms with E-state index in [4.69, 9.17) is 0 Å². The van der Waals surface area contributed by atoms with Gasteiger partial charge in [0.05, 0.1) is 22.4 Å². The predicted octanol–water partition coefficient (Wildman–Crippen LogP) is 4.53. The Bertz CT molecular complexity index is 948. The van der Waals surface area contributed by atoms with Crippen molar-refractivity contribution >= 4 is 52.3 Å². The average molecular weight is 475 g/mol. The summed E-state index contributed by atoms with van der Waals surface area (Å²) in [5, 5.41) is 0. The number of rotatable bonds is 3. The van der Waals surface area contributed by atoms with E-state index in [1.165, 1.54) is 4.43 Å². The van der Waals surface area contributed by atoms with Crippen molar-refractivity contribution in [2.75, 3.05) is 4.43 Å². The van der Waals surface area contributed by atoms with E-state index in [1.54, 1.807) is 12.4 Å². The van der Waals surface area contributed by atoms with Crippen molar-refractivity contribution < 1.29 is 9.59 Å². The monoisotopic (exact) mass is 475 g/mol. The van der Waals surface area contributed by atoms with Crippen LogP contribution in [0.25, 0.3) is 17.1 Å². The van der Waals surface area contributed by atoms with Crippen molar-refractivity contribution in [1.29, 1.82) is 0 Å². The van der Waals surface area contributed by atoms with Crippen LogP contribution in [-0.4, -0.2) is 31.5 Å². The number of fused-ring (bicyclic) bond motifs is 2. The fourth-order valence-corrected chi connectivity index (χ4v) is 2.81. The minimum Gasteiger partial charge on any atom is -0.337 e. The van der Waals surface area contributed by atoms with Crippen molar-refractivity contribution in [3.05, 3.63) is 65.2 Å². The van der Waals surface area contributed by atoms with Crippen molar-refractivity contribution in [2.24, 2.45) is 0 Å². The smallest absolute Gasteiger partial charge is 0.166 e. The number of aldehydes is 2. The number of pyridine rings is 2. The number of carbonyl (C=O) groups excluding carboxylic acids is 2. The number of hydrogen-bond donors (Lipinski definition) is 0. The van der Waals surface area contributed by atoms with E-state index in [2.05, 4.69) is 39.5 Å². The number of alkyl halides is 1. The Kier molecular flexibility index (Phi) is 8.32. The number of aromatic nitrogens is 3. The number of carbonyl (C=O) groups is 2. The van der Waals surface area contributed by atoms with E-state index in [0.29, 0.717) is 5.69 Å². The molecule has 0 saturated carbocycles. The molecule has 0 aliphatic heterocycles. The molecule has 0 N–H and O–H groups in total. The standard InChI is InChI=1S/C10H10N2O.C9H7NO.C2H5I/c1-2-12-8(7-13)6-9-10(12)4-3-5-11-9;11-6-7-4-8-2-1-3-10-9(8)5-7;1-2-3/h3-7H,2H2,1H3;1-3,5-6H,4H2;2H2,1H3. The highest BCUT2D eigenvalue weighted by molar-refractivity contribution is 14.1. The predicted molar refractivity (Wildman–Crippen MR) is 117 cm³/mol. The summed E-state index contributed by atoms with van der Waals surface area (Å²) in [7, 11) is 0. The zero-order valence-electron chi connectivity index (χ0n) is 15.4. The van der Waals surface area contributed by atoms with Gasteiger partial charge in [-0.15, -0.1) is 0 Å². The van der Waals surface area contributed by atoms with Crippen molar-refractivity contribution in [3.63, 3.8) is 0 Å². The fraction of sp³-hybridized carbons (Fsp3) is 0.238. The van der Waals surface area contributed by atoms with Crippen LogP contribution in [-0.2, 0) is 17.8 Å². The molecule has 0 bridgehead atoms. The van der Waals surface area contributed by atoms with E-state index in [-0.39, 0.29) is 0 Å². The summed E-state index contributed by atoms with van der Waals surface area (Å²) >= 11 is 2.29. The van der Waals surface area contributed by atoms with Gasteiger partial charge in [0, 0.05) is 25.4 Å². The van der Waals surface area contributed by atoms with Gasteiger partial charge < -0.3 is 4.57 Å². The number of allylic oxidation sites excluding steroid dienone is 1. The van der Waals surface area contributed by atoms with Crippen LogP contribution < -0.4 is 0 Å². The maximum atomic E-state index is 10.7. The summed E-state index contributed by atoms with van der Waals surface area (Å²) in [5.41, 5.74) is 5.50. The third-order valence-corrected chi connectivity index (χ3v) is 3.93. The summed E-state index contributed by atoms with van der Waals surface area (Å²) < 4.78 is 3.17. The van der Waals surface area contributed by atoms with Crippen molar-refractivity contribution in [2.45, 2.75) is 26.8 Å². The molecule has 5 nitrogen and oxygen atoms in total. The highest BCUT2D eigenvalue weighted by atomic mass is 127. The average Bonchev–Trinajstić information content (AvgIpc) is 3.29. The summed E-state index contributed by atoms with van der Waals surface area (Å²) in [5.74, 6) is 0. The molecule has 4 rings (SSSR count). The Morgan fingerprint density at radius 2 is 1.81 bits per heavy atom. The highest BCUT2D eigenvalue weighted by Crippen LogP contribution is 2.20. The van der Waals surface area contributed by atoms with Gasteiger partial charge >= 0.3 is 0 Å². The van der Waals surface area contributed by atoms with Gasteiger partial charge in [-0.1, -0.05) is 35.6 Å². The third kappa shape index (κ3) is 5.32. The molecule has 0 unspecified atom stereocenters. The third-order valence-electron chi connectivity index (χ3n) is 3.93. The van der Waals surface area contributed by atoms with E-state index in [0.717, 1.165) is 53.4 Å². The molecule has 6 heteroatoms. The molecule has 3 aromatic rings. The SMILES string of the molecule is CCI.CCn1c(C=O)cc2ncccc21.O=CC1=Cc2ncccc2C1. The quantitative estimate of drug-likeness (QED) is 0.317. The second-order valence-corrected chi connectivity index (χ2v) is 7.19. The molecular weight excluding hydrogens is 453 g/mol. The molecule has 140 valence electrons. The zero-order chi connectivity index (χ0) is 19.6. The molecule has 0 amide bonds. The van der Waals surface area contributed by atoms with E-state index in [9.17, 15) is 9.59 Å². The molecule has 0 aromatic carbocycles. The molecule has 3 heterocycles. The Labute approximate surface area is 172 Å². The van der Waals surface area contributed by atoms with Gasteiger partial charge in [0.15, 0.2) is 6.29 Å². The van der Waals surface area contributed by atoms with Crippen molar-refractivity contribution in [1.82, 2.24) is 14.5 Å². The lowest BCUT2D eigenvalue weighted by molar-refractivity contribution is -0.104. The topological polar surface area (TPSA) is 64.8 Å². The number of aryl methyl sites for hydroxylation is 1. The van der Waals surface area contributed by atoms with Gasteiger partial charge in [-0.2, -0.15) is 0 Å². The van der Waals surface area contributed by atoms with Gasteiger partial charge in [0.25, 0.3) is 0 Å². The summed E-state index contributed by atoms with van der Waals surface area (Å²) in [6.45, 7) is 4.92. The molecule has 3 aromatic heterocycles. The summed E-state index contributed by atoms with van der Waals surface area (Å²) in [4.78, 5) is 29.4. The highest BCUT2D eigenvalue weighted by Gasteiger charge is 2.11. The first-order valence-corrected chi connectivity index (χ1v) is 10.3. The van der Waals surface area contributed by atoms with Crippen LogP contribution >= 0.6 is 22.6 Å². The van der Waals surface area contributed by atoms with Gasteiger partial charge in [0.2, 0.25) is 0 Å². The lowest BCUT2D eigenvalue weighted by atomic mass is 10.2. The van der Waals surface area contributed by atoms with Crippen LogP contribution in [0.2, 0.25) is 0 Å². The Hall–Kier alpha value is -2.35. The van der Waals surface area contributed by atoms with Gasteiger partial charge in [-0.05, 0) is 52.8 Å². The summed E-state index contributed by atoms with van der Waals surface area (Å²) in [6.07, 6.45) is 7.81. The van der Waals surface area contributed by atoms with Crippen LogP contribution in [0.3, 0.4) is 0 Å². The van der Waals surface area contributed by atoms with E-state index >= 15 is 0 Å². The van der Waals surface area contributed by atoms with Gasteiger partial charge in [0.1, 0.15) is 6.29 Å². The first kappa shape index (κ1) is 21.0. The van der Waals surface area contributed by atoms with E-state index in [1.807, 2.05) is 47.9 Å². The zero-order valence-corrected chi connectivity index (χ0v) is 17.6. The van der Waals surface area contributed by atoms with Crippen LogP contribution in [0, 0.1) is 0 Å². The second kappa shape index (κ2) is 10.7. The maximum Gasteiger partial charge on any atom is 0.166 e. The van der Waals surface area contributed by atoms with Crippen LogP contribution in [0.15, 0.2) is 48.3 Å².